The van der Waals surface area contributed by atoms with Crippen LogP contribution in [-0.2, 0) is 32.0 Å². The lowest BCUT2D eigenvalue weighted by Crippen LogP contribution is -2.57. The number of H-pyrrole nitrogens is 1. The smallest absolute Gasteiger partial charge is 0.325 e. The first-order valence-corrected chi connectivity index (χ1v) is 14.1. The molecule has 4 atom stereocenters. The number of nitrogens with two attached hydrogens (primary N) is 1. The number of aromatic amines is 1. The number of carbonyl (C=O) groups is 4. The monoisotopic (exact) mass is 553 g/mol. The van der Waals surface area contributed by atoms with Gasteiger partial charge in [-0.05, 0) is 49.0 Å². The van der Waals surface area contributed by atoms with Crippen molar-refractivity contribution in [3.05, 3.63) is 71.9 Å². The number of rotatable bonds is 14. The molecule has 7 N–H and O–H groups in total. The van der Waals surface area contributed by atoms with Gasteiger partial charge in [-0.25, -0.2) is 0 Å². The van der Waals surface area contributed by atoms with Gasteiger partial charge in [-0.15, -0.1) is 0 Å². The van der Waals surface area contributed by atoms with Crippen LogP contribution in [0.4, 0.5) is 0 Å². The fourth-order valence-electron chi connectivity index (χ4n) is 4.12. The number of para-hydroxylation sites is 1. The highest BCUT2D eigenvalue weighted by molar-refractivity contribution is 7.98. The fraction of sp³-hybridized carbons (Fsp3) is 0.357. The number of amides is 3. The molecule has 0 aliphatic rings. The number of carbonyl (C=O) groups excluding carboxylic acids is 3. The van der Waals surface area contributed by atoms with Crippen LogP contribution < -0.4 is 21.7 Å². The second kappa shape index (κ2) is 14.4. The maximum atomic E-state index is 13.5. The quantitative estimate of drug-likeness (QED) is 0.176. The summed E-state index contributed by atoms with van der Waals surface area (Å²) < 4.78 is 0. The van der Waals surface area contributed by atoms with Crippen LogP contribution in [-0.4, -0.2) is 70.0 Å². The second-order valence-corrected chi connectivity index (χ2v) is 10.3. The number of benzene rings is 2. The molecule has 0 aliphatic carbocycles. The standard InChI is InChI=1S/C28H35N5O5S/c1-17(28(37)38)31-26(35)23(12-13-39-2)32-27(36)24(15-19-16-30-22-11-7-6-10-20(19)22)33-25(34)21(29)14-18-8-4-3-5-9-18/h3-11,16-17,21,23-24,30H,12-15,29H2,1-2H3,(H,31,35)(H,32,36)(H,33,34)(H,37,38). The Labute approximate surface area is 231 Å². The summed E-state index contributed by atoms with van der Waals surface area (Å²) >= 11 is 1.49. The minimum absolute atomic E-state index is 0.155. The Balaban J connectivity index is 1.81. The van der Waals surface area contributed by atoms with Gasteiger partial charge in [-0.3, -0.25) is 19.2 Å². The van der Waals surface area contributed by atoms with Gasteiger partial charge in [-0.2, -0.15) is 11.8 Å². The molecule has 1 aromatic heterocycles. The molecule has 208 valence electrons. The van der Waals surface area contributed by atoms with Gasteiger partial charge >= 0.3 is 5.97 Å². The van der Waals surface area contributed by atoms with E-state index >= 15 is 0 Å². The van der Waals surface area contributed by atoms with E-state index in [1.807, 2.05) is 60.9 Å². The average Bonchev–Trinajstić information content (AvgIpc) is 3.33. The molecule has 4 unspecified atom stereocenters. The Morgan fingerprint density at radius 1 is 0.897 bits per heavy atom. The molecule has 0 saturated carbocycles. The van der Waals surface area contributed by atoms with Gasteiger partial charge in [0, 0.05) is 23.5 Å². The first-order chi connectivity index (χ1) is 18.7. The molecule has 10 nitrogen and oxygen atoms in total. The van der Waals surface area contributed by atoms with E-state index in [0.29, 0.717) is 12.2 Å². The minimum atomic E-state index is -1.19. The van der Waals surface area contributed by atoms with E-state index in [0.717, 1.165) is 22.0 Å². The van der Waals surface area contributed by atoms with Gasteiger partial charge < -0.3 is 31.8 Å². The highest BCUT2D eigenvalue weighted by Gasteiger charge is 2.30. The summed E-state index contributed by atoms with van der Waals surface area (Å²) in [5.74, 6) is -2.30. The van der Waals surface area contributed by atoms with Crippen LogP contribution in [0.3, 0.4) is 0 Å². The van der Waals surface area contributed by atoms with E-state index in [2.05, 4.69) is 20.9 Å². The Morgan fingerprint density at radius 3 is 2.23 bits per heavy atom. The van der Waals surface area contributed by atoms with E-state index in [1.54, 1.807) is 6.20 Å². The Kier molecular flexibility index (Phi) is 10.9. The zero-order chi connectivity index (χ0) is 28.4. The van der Waals surface area contributed by atoms with Crippen molar-refractivity contribution >= 4 is 46.4 Å². The lowest BCUT2D eigenvalue weighted by molar-refractivity contribution is -0.141. The number of carboxylic acid groups (broad SMARTS) is 1. The predicted octanol–water partition coefficient (Wildman–Crippen LogP) is 1.59. The average molecular weight is 554 g/mol. The maximum Gasteiger partial charge on any atom is 0.325 e. The number of aliphatic carboxylic acids is 1. The molecule has 0 spiro atoms. The number of hydrogen-bond acceptors (Lipinski definition) is 6. The van der Waals surface area contributed by atoms with Crippen molar-refractivity contribution in [1.29, 1.82) is 0 Å². The van der Waals surface area contributed by atoms with Crippen molar-refractivity contribution in [3.8, 4) is 0 Å². The third-order valence-electron chi connectivity index (χ3n) is 6.34. The molecule has 3 aromatic rings. The van der Waals surface area contributed by atoms with E-state index in [9.17, 15) is 24.3 Å². The SMILES string of the molecule is CSCCC(NC(=O)C(Cc1c[nH]c2ccccc12)NC(=O)C(N)Cc1ccccc1)C(=O)NC(C)C(=O)O. The highest BCUT2D eigenvalue weighted by atomic mass is 32.2. The third kappa shape index (κ3) is 8.59. The summed E-state index contributed by atoms with van der Waals surface area (Å²) in [5.41, 5.74) is 8.78. The molecule has 0 saturated heterocycles. The molecular weight excluding hydrogens is 518 g/mol. The number of thioether (sulfide) groups is 1. The molecule has 2 aromatic carbocycles. The lowest BCUT2D eigenvalue weighted by Gasteiger charge is -2.25. The van der Waals surface area contributed by atoms with Crippen molar-refractivity contribution in [1.82, 2.24) is 20.9 Å². The van der Waals surface area contributed by atoms with Gasteiger partial charge in [-0.1, -0.05) is 48.5 Å². The molecule has 0 bridgehead atoms. The number of hydrogen-bond donors (Lipinski definition) is 6. The molecule has 3 rings (SSSR count). The highest BCUT2D eigenvalue weighted by Crippen LogP contribution is 2.19. The number of carboxylic acids is 1. The van der Waals surface area contributed by atoms with Crippen molar-refractivity contribution in [2.24, 2.45) is 5.73 Å². The van der Waals surface area contributed by atoms with Gasteiger partial charge in [0.25, 0.3) is 0 Å². The van der Waals surface area contributed by atoms with E-state index in [-0.39, 0.29) is 12.8 Å². The first-order valence-electron chi connectivity index (χ1n) is 12.7. The zero-order valence-electron chi connectivity index (χ0n) is 22.0. The Morgan fingerprint density at radius 2 is 1.54 bits per heavy atom. The summed E-state index contributed by atoms with van der Waals surface area (Å²) in [7, 11) is 0. The largest absolute Gasteiger partial charge is 0.480 e. The molecule has 0 aliphatic heterocycles. The van der Waals surface area contributed by atoms with Crippen LogP contribution in [0.2, 0.25) is 0 Å². The summed E-state index contributed by atoms with van der Waals surface area (Å²) in [4.78, 5) is 53.9. The molecule has 1 heterocycles. The van der Waals surface area contributed by atoms with E-state index < -0.39 is 47.9 Å². The van der Waals surface area contributed by atoms with E-state index in [1.165, 1.54) is 18.7 Å². The Bertz CT molecular complexity index is 1280. The van der Waals surface area contributed by atoms with Crippen molar-refractivity contribution in [3.63, 3.8) is 0 Å². The van der Waals surface area contributed by atoms with Crippen molar-refractivity contribution < 1.29 is 24.3 Å². The number of fused-ring (bicyclic) bond motifs is 1. The van der Waals surface area contributed by atoms with E-state index in [4.69, 9.17) is 5.73 Å². The normalized spacial score (nSPS) is 14.1. The van der Waals surface area contributed by atoms with Gasteiger partial charge in [0.15, 0.2) is 0 Å². The molecule has 39 heavy (non-hydrogen) atoms. The molecule has 0 radical (unpaired) electrons. The summed E-state index contributed by atoms with van der Waals surface area (Å²) in [6.45, 7) is 1.35. The zero-order valence-corrected chi connectivity index (χ0v) is 22.8. The fourth-order valence-corrected chi connectivity index (χ4v) is 4.59. The van der Waals surface area contributed by atoms with Gasteiger partial charge in [0.05, 0.1) is 6.04 Å². The molecule has 11 heteroatoms. The molecule has 0 fully saturated rings. The van der Waals surface area contributed by atoms with Crippen molar-refractivity contribution in [2.45, 2.75) is 50.4 Å². The Hall–Kier alpha value is -3.83. The minimum Gasteiger partial charge on any atom is -0.480 e. The first kappa shape index (κ1) is 29.7. The molecule has 3 amide bonds. The predicted molar refractivity (Wildman–Crippen MR) is 152 cm³/mol. The van der Waals surface area contributed by atoms with Crippen LogP contribution in [0.1, 0.15) is 24.5 Å². The number of nitrogens with one attached hydrogen (secondary N) is 4. The summed E-state index contributed by atoms with van der Waals surface area (Å²) in [5, 5.41) is 18.0. The van der Waals surface area contributed by atoms with Crippen LogP contribution in [0.15, 0.2) is 60.8 Å². The topological polar surface area (TPSA) is 166 Å². The van der Waals surface area contributed by atoms with Crippen LogP contribution >= 0.6 is 11.8 Å². The van der Waals surface area contributed by atoms with Gasteiger partial charge in [0.2, 0.25) is 17.7 Å². The third-order valence-corrected chi connectivity index (χ3v) is 6.98. The lowest BCUT2D eigenvalue weighted by atomic mass is 10.0. The van der Waals surface area contributed by atoms with Crippen LogP contribution in [0, 0.1) is 0 Å². The van der Waals surface area contributed by atoms with Gasteiger partial charge in [0.1, 0.15) is 18.1 Å². The summed E-state index contributed by atoms with van der Waals surface area (Å²) in [6, 6.07) is 12.9. The second-order valence-electron chi connectivity index (χ2n) is 9.33. The maximum absolute atomic E-state index is 13.5. The van der Waals surface area contributed by atoms with Crippen LogP contribution in [0.25, 0.3) is 10.9 Å². The van der Waals surface area contributed by atoms with Crippen molar-refractivity contribution in [2.75, 3.05) is 12.0 Å². The summed E-state index contributed by atoms with van der Waals surface area (Å²) in [6.07, 6.45) is 4.38. The van der Waals surface area contributed by atoms with Crippen LogP contribution in [0.5, 0.6) is 0 Å². The molecular formula is C28H35N5O5S. The number of aromatic nitrogens is 1.